The van der Waals surface area contributed by atoms with Gasteiger partial charge in [0.25, 0.3) is 0 Å². The summed E-state index contributed by atoms with van der Waals surface area (Å²) in [7, 11) is 4.00. The van der Waals surface area contributed by atoms with Crippen molar-refractivity contribution < 1.29 is 5.11 Å². The van der Waals surface area contributed by atoms with Crippen LogP contribution >= 0.6 is 0 Å². The summed E-state index contributed by atoms with van der Waals surface area (Å²) in [5, 5.41) is 13.8. The SMILES string of the molecule is CC(NCC(C)(O)CN(C)C)C1CC2C=CC1C2. The van der Waals surface area contributed by atoms with E-state index in [1.165, 1.54) is 12.8 Å². The van der Waals surface area contributed by atoms with Gasteiger partial charge in [-0.2, -0.15) is 0 Å². The third kappa shape index (κ3) is 3.34. The van der Waals surface area contributed by atoms with Gasteiger partial charge in [0.05, 0.1) is 5.60 Å². The molecular formula is C15H28N2O. The molecule has 2 aliphatic carbocycles. The summed E-state index contributed by atoms with van der Waals surface area (Å²) in [5.41, 5.74) is -0.648. The number of likely N-dealkylation sites (N-methyl/N-ethyl adjacent to an activating group) is 1. The molecule has 2 rings (SSSR count). The standard InChI is InChI=1S/C15H28N2O/c1-11(14-8-12-5-6-13(14)7-12)16-9-15(2,18)10-17(3)4/h5-6,11-14,16,18H,7-10H2,1-4H3. The minimum atomic E-state index is -0.648. The van der Waals surface area contributed by atoms with Crippen molar-refractivity contribution in [2.24, 2.45) is 17.8 Å². The second-order valence-electron chi connectivity index (χ2n) is 6.85. The van der Waals surface area contributed by atoms with Crippen LogP contribution in [0, 0.1) is 17.8 Å². The first-order valence-electron chi connectivity index (χ1n) is 7.16. The number of fused-ring (bicyclic) bond motifs is 2. The van der Waals surface area contributed by atoms with Gasteiger partial charge in [-0.25, -0.2) is 0 Å². The van der Waals surface area contributed by atoms with E-state index in [2.05, 4.69) is 24.4 Å². The van der Waals surface area contributed by atoms with E-state index in [4.69, 9.17) is 0 Å². The Labute approximate surface area is 111 Å². The van der Waals surface area contributed by atoms with Crippen molar-refractivity contribution in [3.8, 4) is 0 Å². The molecule has 2 bridgehead atoms. The second-order valence-corrected chi connectivity index (χ2v) is 6.85. The average Bonchev–Trinajstić information content (AvgIpc) is 2.85. The largest absolute Gasteiger partial charge is 0.388 e. The van der Waals surface area contributed by atoms with E-state index in [-0.39, 0.29) is 0 Å². The van der Waals surface area contributed by atoms with Gasteiger partial charge >= 0.3 is 0 Å². The molecule has 1 fully saturated rings. The summed E-state index contributed by atoms with van der Waals surface area (Å²) in [5.74, 6) is 2.36. The van der Waals surface area contributed by atoms with Crippen molar-refractivity contribution in [1.29, 1.82) is 0 Å². The van der Waals surface area contributed by atoms with Gasteiger partial charge in [-0.3, -0.25) is 0 Å². The number of hydrogen-bond donors (Lipinski definition) is 2. The molecule has 0 radical (unpaired) electrons. The summed E-state index contributed by atoms with van der Waals surface area (Å²) < 4.78 is 0. The molecule has 5 atom stereocenters. The van der Waals surface area contributed by atoms with Crippen LogP contribution in [0.5, 0.6) is 0 Å². The summed E-state index contributed by atoms with van der Waals surface area (Å²) in [6, 6.07) is 0.499. The van der Waals surface area contributed by atoms with Crippen molar-refractivity contribution in [1.82, 2.24) is 10.2 Å². The molecule has 104 valence electrons. The number of nitrogens with zero attached hydrogens (tertiary/aromatic N) is 1. The monoisotopic (exact) mass is 252 g/mol. The van der Waals surface area contributed by atoms with Crippen LogP contribution in [0.4, 0.5) is 0 Å². The summed E-state index contributed by atoms with van der Waals surface area (Å²) in [6.45, 7) is 5.55. The van der Waals surface area contributed by atoms with E-state index in [1.54, 1.807) is 0 Å². The maximum absolute atomic E-state index is 10.3. The first-order valence-corrected chi connectivity index (χ1v) is 7.16. The molecule has 0 heterocycles. The molecule has 3 heteroatoms. The van der Waals surface area contributed by atoms with Gasteiger partial charge in [-0.1, -0.05) is 12.2 Å². The van der Waals surface area contributed by atoms with Gasteiger partial charge in [-0.15, -0.1) is 0 Å². The Morgan fingerprint density at radius 3 is 2.61 bits per heavy atom. The molecule has 0 aromatic heterocycles. The highest BCUT2D eigenvalue weighted by atomic mass is 16.3. The Morgan fingerprint density at radius 2 is 2.11 bits per heavy atom. The summed E-state index contributed by atoms with van der Waals surface area (Å²) in [6.07, 6.45) is 7.46. The molecule has 18 heavy (non-hydrogen) atoms. The van der Waals surface area contributed by atoms with Gasteiger partial charge in [0.1, 0.15) is 0 Å². The molecule has 5 unspecified atom stereocenters. The first kappa shape index (κ1) is 14.0. The topological polar surface area (TPSA) is 35.5 Å². The Balaban J connectivity index is 1.78. The van der Waals surface area contributed by atoms with Crippen molar-refractivity contribution in [2.45, 2.75) is 38.3 Å². The van der Waals surface area contributed by atoms with E-state index in [9.17, 15) is 5.11 Å². The minimum absolute atomic E-state index is 0.499. The van der Waals surface area contributed by atoms with E-state index < -0.39 is 5.60 Å². The van der Waals surface area contributed by atoms with Crippen molar-refractivity contribution in [2.75, 3.05) is 27.2 Å². The molecule has 0 spiro atoms. The highest BCUT2D eigenvalue weighted by Gasteiger charge is 2.38. The van der Waals surface area contributed by atoms with Crippen LogP contribution in [-0.2, 0) is 0 Å². The van der Waals surface area contributed by atoms with Crippen molar-refractivity contribution >= 4 is 0 Å². The average molecular weight is 252 g/mol. The zero-order valence-electron chi connectivity index (χ0n) is 12.2. The van der Waals surface area contributed by atoms with Crippen molar-refractivity contribution in [3.63, 3.8) is 0 Å². The summed E-state index contributed by atoms with van der Waals surface area (Å²) in [4.78, 5) is 2.03. The molecular weight excluding hydrogens is 224 g/mol. The molecule has 0 amide bonds. The predicted molar refractivity (Wildman–Crippen MR) is 75.5 cm³/mol. The Kier molecular flexibility index (Phi) is 4.15. The van der Waals surface area contributed by atoms with Gasteiger partial charge in [0, 0.05) is 19.1 Å². The number of hydrogen-bond acceptors (Lipinski definition) is 3. The zero-order chi connectivity index (χ0) is 13.3. The van der Waals surface area contributed by atoms with Gasteiger partial charge < -0.3 is 15.3 Å². The van der Waals surface area contributed by atoms with Gasteiger partial charge in [-0.05, 0) is 58.5 Å². The number of allylic oxidation sites excluding steroid dienone is 2. The maximum atomic E-state index is 10.3. The van der Waals surface area contributed by atoms with Crippen LogP contribution in [0.2, 0.25) is 0 Å². The minimum Gasteiger partial charge on any atom is -0.388 e. The van der Waals surface area contributed by atoms with Crippen LogP contribution in [-0.4, -0.2) is 48.8 Å². The number of aliphatic hydroxyl groups is 1. The van der Waals surface area contributed by atoms with Crippen LogP contribution in [0.15, 0.2) is 12.2 Å². The third-order valence-corrected chi connectivity index (χ3v) is 4.43. The zero-order valence-corrected chi connectivity index (χ0v) is 12.2. The lowest BCUT2D eigenvalue weighted by Crippen LogP contribution is -2.49. The Hall–Kier alpha value is -0.380. The lowest BCUT2D eigenvalue weighted by atomic mass is 9.87. The number of nitrogens with one attached hydrogen (secondary N) is 1. The molecule has 2 N–H and O–H groups in total. The van der Waals surface area contributed by atoms with Crippen LogP contribution in [0.3, 0.4) is 0 Å². The third-order valence-electron chi connectivity index (χ3n) is 4.43. The fraction of sp³-hybridized carbons (Fsp3) is 0.867. The molecule has 3 nitrogen and oxygen atoms in total. The fourth-order valence-corrected chi connectivity index (χ4v) is 3.67. The lowest BCUT2D eigenvalue weighted by molar-refractivity contribution is 0.0295. The highest BCUT2D eigenvalue weighted by molar-refractivity contribution is 5.11. The van der Waals surface area contributed by atoms with E-state index in [0.29, 0.717) is 19.1 Å². The molecule has 0 saturated heterocycles. The molecule has 0 aromatic carbocycles. The van der Waals surface area contributed by atoms with Crippen LogP contribution < -0.4 is 5.32 Å². The molecule has 1 saturated carbocycles. The fourth-order valence-electron chi connectivity index (χ4n) is 3.67. The van der Waals surface area contributed by atoms with E-state index >= 15 is 0 Å². The Morgan fingerprint density at radius 1 is 1.39 bits per heavy atom. The van der Waals surface area contributed by atoms with E-state index in [0.717, 1.165) is 17.8 Å². The quantitative estimate of drug-likeness (QED) is 0.703. The maximum Gasteiger partial charge on any atom is 0.0869 e. The first-order chi connectivity index (χ1) is 8.37. The highest BCUT2D eigenvalue weighted by Crippen LogP contribution is 2.44. The normalized spacial score (nSPS) is 35.1. The molecule has 0 aromatic rings. The van der Waals surface area contributed by atoms with Gasteiger partial charge in [0.2, 0.25) is 0 Å². The van der Waals surface area contributed by atoms with Gasteiger partial charge in [0.15, 0.2) is 0 Å². The summed E-state index contributed by atoms with van der Waals surface area (Å²) >= 11 is 0. The van der Waals surface area contributed by atoms with Crippen LogP contribution in [0.25, 0.3) is 0 Å². The molecule has 0 aliphatic heterocycles. The van der Waals surface area contributed by atoms with Crippen molar-refractivity contribution in [3.05, 3.63) is 12.2 Å². The number of rotatable bonds is 6. The lowest BCUT2D eigenvalue weighted by Gasteiger charge is -2.32. The molecule has 2 aliphatic rings. The smallest absolute Gasteiger partial charge is 0.0869 e. The Bertz CT molecular complexity index is 312. The second kappa shape index (κ2) is 5.32. The predicted octanol–water partition coefficient (Wildman–Crippen LogP) is 1.49. The van der Waals surface area contributed by atoms with Crippen LogP contribution in [0.1, 0.15) is 26.7 Å². The van der Waals surface area contributed by atoms with E-state index in [1.807, 2.05) is 25.9 Å².